The minimum Gasteiger partial charge on any atom is -0.361 e. The molecule has 0 radical (unpaired) electrons. The van der Waals surface area contributed by atoms with E-state index in [0.29, 0.717) is 0 Å². The summed E-state index contributed by atoms with van der Waals surface area (Å²) in [5.74, 6) is 0.861. The molecule has 18 heavy (non-hydrogen) atoms. The fourth-order valence-corrected chi connectivity index (χ4v) is 2.87. The second-order valence-electron chi connectivity index (χ2n) is 5.20. The van der Waals surface area contributed by atoms with E-state index in [2.05, 4.69) is 22.7 Å². The van der Waals surface area contributed by atoms with E-state index in [1.54, 1.807) is 0 Å². The standard InChI is InChI=1S/C14H19N3O/c1-9-6-12-13(15)4-3-5-14(12)17(9)8-11-7-10(2)18-16-11/h6-7,13H,3-5,8,15H2,1-2H3. The maximum Gasteiger partial charge on any atom is 0.133 e. The van der Waals surface area contributed by atoms with Crippen molar-refractivity contribution in [1.82, 2.24) is 9.72 Å². The van der Waals surface area contributed by atoms with Gasteiger partial charge in [0.15, 0.2) is 0 Å². The quantitative estimate of drug-likeness (QED) is 0.884. The summed E-state index contributed by atoms with van der Waals surface area (Å²) in [4.78, 5) is 0. The van der Waals surface area contributed by atoms with Crippen LogP contribution in [0.1, 0.15) is 47.3 Å². The van der Waals surface area contributed by atoms with Gasteiger partial charge in [0.25, 0.3) is 0 Å². The van der Waals surface area contributed by atoms with Gasteiger partial charge in [-0.15, -0.1) is 0 Å². The second kappa shape index (κ2) is 4.28. The van der Waals surface area contributed by atoms with Crippen molar-refractivity contribution >= 4 is 0 Å². The summed E-state index contributed by atoms with van der Waals surface area (Å²) >= 11 is 0. The number of nitrogens with two attached hydrogens (primary N) is 1. The largest absolute Gasteiger partial charge is 0.361 e. The highest BCUT2D eigenvalue weighted by Gasteiger charge is 2.22. The smallest absolute Gasteiger partial charge is 0.133 e. The fourth-order valence-electron chi connectivity index (χ4n) is 2.87. The third-order valence-electron chi connectivity index (χ3n) is 3.77. The highest BCUT2D eigenvalue weighted by atomic mass is 16.5. The SMILES string of the molecule is Cc1cc(Cn2c(C)cc3c2CCCC3N)no1. The molecule has 3 rings (SSSR count). The number of hydrogen-bond acceptors (Lipinski definition) is 3. The lowest BCUT2D eigenvalue weighted by Gasteiger charge is -2.20. The molecule has 2 aromatic rings. The number of fused-ring (bicyclic) bond motifs is 1. The Morgan fingerprint density at radius 1 is 1.44 bits per heavy atom. The summed E-state index contributed by atoms with van der Waals surface area (Å²) in [6.45, 7) is 4.84. The van der Waals surface area contributed by atoms with Crippen LogP contribution in [0.15, 0.2) is 16.7 Å². The van der Waals surface area contributed by atoms with Gasteiger partial charge in [-0.2, -0.15) is 0 Å². The van der Waals surface area contributed by atoms with E-state index in [9.17, 15) is 0 Å². The normalized spacial score (nSPS) is 18.9. The van der Waals surface area contributed by atoms with Crippen molar-refractivity contribution in [2.24, 2.45) is 5.73 Å². The third kappa shape index (κ3) is 1.86. The maximum absolute atomic E-state index is 6.18. The number of rotatable bonds is 2. The monoisotopic (exact) mass is 245 g/mol. The van der Waals surface area contributed by atoms with Crippen molar-refractivity contribution in [3.63, 3.8) is 0 Å². The van der Waals surface area contributed by atoms with Crippen LogP contribution in [0.3, 0.4) is 0 Å². The Morgan fingerprint density at radius 3 is 3.00 bits per heavy atom. The van der Waals surface area contributed by atoms with Crippen LogP contribution in [-0.2, 0) is 13.0 Å². The Bertz CT molecular complexity index is 568. The van der Waals surface area contributed by atoms with Crippen molar-refractivity contribution < 1.29 is 4.52 Å². The summed E-state index contributed by atoms with van der Waals surface area (Å²) in [6, 6.07) is 4.42. The maximum atomic E-state index is 6.18. The van der Waals surface area contributed by atoms with E-state index in [4.69, 9.17) is 10.3 Å². The van der Waals surface area contributed by atoms with E-state index in [1.807, 2.05) is 13.0 Å². The van der Waals surface area contributed by atoms with Crippen molar-refractivity contribution in [3.8, 4) is 0 Å². The first-order valence-corrected chi connectivity index (χ1v) is 6.52. The molecular weight excluding hydrogens is 226 g/mol. The van der Waals surface area contributed by atoms with E-state index < -0.39 is 0 Å². The van der Waals surface area contributed by atoms with E-state index in [1.165, 1.54) is 23.4 Å². The summed E-state index contributed by atoms with van der Waals surface area (Å²) in [6.07, 6.45) is 3.39. The van der Waals surface area contributed by atoms with Crippen molar-refractivity contribution in [2.45, 2.75) is 45.7 Å². The summed E-state index contributed by atoms with van der Waals surface area (Å²) in [5.41, 5.74) is 11.1. The molecule has 1 aliphatic rings. The molecule has 0 fully saturated rings. The number of nitrogens with zero attached hydrogens (tertiary/aromatic N) is 2. The van der Waals surface area contributed by atoms with Crippen LogP contribution in [0.5, 0.6) is 0 Å². The number of aromatic nitrogens is 2. The molecule has 2 aromatic heterocycles. The molecule has 1 aliphatic carbocycles. The summed E-state index contributed by atoms with van der Waals surface area (Å²) in [7, 11) is 0. The molecule has 0 bridgehead atoms. The molecule has 0 aliphatic heterocycles. The molecule has 1 unspecified atom stereocenters. The molecule has 0 saturated heterocycles. The molecule has 0 saturated carbocycles. The molecule has 96 valence electrons. The van der Waals surface area contributed by atoms with Gasteiger partial charge in [0.05, 0.1) is 6.54 Å². The number of aryl methyl sites for hydroxylation is 2. The predicted octanol–water partition coefficient (Wildman–Crippen LogP) is 2.48. The Labute approximate surface area is 107 Å². The zero-order chi connectivity index (χ0) is 12.7. The topological polar surface area (TPSA) is 57.0 Å². The van der Waals surface area contributed by atoms with Crippen LogP contribution in [0.2, 0.25) is 0 Å². The third-order valence-corrected chi connectivity index (χ3v) is 3.77. The van der Waals surface area contributed by atoms with Gasteiger partial charge < -0.3 is 14.8 Å². The minimum absolute atomic E-state index is 0.202. The fraction of sp³-hybridized carbons (Fsp3) is 0.500. The van der Waals surface area contributed by atoms with Crippen molar-refractivity contribution in [2.75, 3.05) is 0 Å². The van der Waals surface area contributed by atoms with Gasteiger partial charge in [-0.3, -0.25) is 0 Å². The van der Waals surface area contributed by atoms with Crippen LogP contribution in [0.4, 0.5) is 0 Å². The average molecular weight is 245 g/mol. The molecular formula is C14H19N3O. The Morgan fingerprint density at radius 2 is 2.28 bits per heavy atom. The highest BCUT2D eigenvalue weighted by molar-refractivity contribution is 5.33. The molecule has 4 nitrogen and oxygen atoms in total. The van der Waals surface area contributed by atoms with Gasteiger partial charge in [-0.05, 0) is 44.7 Å². The molecule has 0 amide bonds. The molecule has 2 N–H and O–H groups in total. The predicted molar refractivity (Wildman–Crippen MR) is 69.4 cm³/mol. The second-order valence-corrected chi connectivity index (χ2v) is 5.20. The van der Waals surface area contributed by atoms with Crippen LogP contribution in [-0.4, -0.2) is 9.72 Å². The van der Waals surface area contributed by atoms with Crippen LogP contribution >= 0.6 is 0 Å². The van der Waals surface area contributed by atoms with E-state index in [-0.39, 0.29) is 6.04 Å². The first-order valence-electron chi connectivity index (χ1n) is 6.52. The van der Waals surface area contributed by atoms with E-state index >= 15 is 0 Å². The molecule has 1 atom stereocenters. The molecule has 0 aromatic carbocycles. The zero-order valence-electron chi connectivity index (χ0n) is 10.9. The van der Waals surface area contributed by atoms with Gasteiger partial charge in [-0.1, -0.05) is 5.16 Å². The van der Waals surface area contributed by atoms with Crippen molar-refractivity contribution in [3.05, 3.63) is 40.5 Å². The molecule has 0 spiro atoms. The summed E-state index contributed by atoms with van der Waals surface area (Å²) < 4.78 is 7.46. The molecule has 2 heterocycles. The van der Waals surface area contributed by atoms with Crippen molar-refractivity contribution in [1.29, 1.82) is 0 Å². The lowest BCUT2D eigenvalue weighted by molar-refractivity contribution is 0.388. The van der Waals surface area contributed by atoms with Crippen LogP contribution in [0, 0.1) is 13.8 Å². The average Bonchev–Trinajstić information content (AvgIpc) is 2.87. The van der Waals surface area contributed by atoms with Gasteiger partial charge in [0.2, 0.25) is 0 Å². The first-order chi connectivity index (χ1) is 8.65. The minimum atomic E-state index is 0.202. The first kappa shape index (κ1) is 11.5. The Hall–Kier alpha value is -1.55. The van der Waals surface area contributed by atoms with Gasteiger partial charge in [0.1, 0.15) is 11.5 Å². The summed E-state index contributed by atoms with van der Waals surface area (Å²) in [5, 5.41) is 4.07. The van der Waals surface area contributed by atoms with Crippen LogP contribution in [0.25, 0.3) is 0 Å². The lowest BCUT2D eigenvalue weighted by atomic mass is 9.93. The molecule has 4 heteroatoms. The van der Waals surface area contributed by atoms with Gasteiger partial charge in [-0.25, -0.2) is 0 Å². The number of hydrogen-bond donors (Lipinski definition) is 1. The zero-order valence-corrected chi connectivity index (χ0v) is 10.9. The van der Waals surface area contributed by atoms with Gasteiger partial charge in [0, 0.05) is 23.5 Å². The van der Waals surface area contributed by atoms with Crippen LogP contribution < -0.4 is 5.73 Å². The highest BCUT2D eigenvalue weighted by Crippen LogP contribution is 2.31. The van der Waals surface area contributed by atoms with Gasteiger partial charge >= 0.3 is 0 Å². The Kier molecular flexibility index (Phi) is 2.74. The lowest BCUT2D eigenvalue weighted by Crippen LogP contribution is -2.18. The Balaban J connectivity index is 1.97. The van der Waals surface area contributed by atoms with E-state index in [0.717, 1.165) is 30.8 Å².